The number of benzene rings is 1. The van der Waals surface area contributed by atoms with Crippen LogP contribution in [-0.4, -0.2) is 22.5 Å². The summed E-state index contributed by atoms with van der Waals surface area (Å²) in [4.78, 5) is 13.5. The highest BCUT2D eigenvalue weighted by molar-refractivity contribution is 7.13. The third-order valence-corrected chi connectivity index (χ3v) is 4.06. The zero-order valence-corrected chi connectivity index (χ0v) is 14.9. The number of rotatable bonds is 4. The van der Waals surface area contributed by atoms with Crippen molar-refractivity contribution >= 4 is 39.0 Å². The Morgan fingerprint density at radius 2 is 2.08 bits per heavy atom. The molecule has 2 heterocycles. The highest BCUT2D eigenvalue weighted by atomic mass is 32.1. The van der Waals surface area contributed by atoms with Crippen molar-refractivity contribution in [1.82, 2.24) is 9.97 Å². The first kappa shape index (κ1) is 16.4. The van der Waals surface area contributed by atoms with Crippen molar-refractivity contribution < 1.29 is 0 Å². The molecule has 0 spiro atoms. The number of nitrogens with zero attached hydrogens (tertiary/aromatic N) is 3. The summed E-state index contributed by atoms with van der Waals surface area (Å²) >= 11 is 1.55. The van der Waals surface area contributed by atoms with Crippen LogP contribution in [0.3, 0.4) is 0 Å². The van der Waals surface area contributed by atoms with Crippen LogP contribution >= 0.6 is 11.3 Å². The first-order valence-corrected chi connectivity index (χ1v) is 8.84. The van der Waals surface area contributed by atoms with E-state index in [-0.39, 0.29) is 0 Å². The van der Waals surface area contributed by atoms with Crippen molar-refractivity contribution in [3.8, 4) is 0 Å². The predicted molar refractivity (Wildman–Crippen MR) is 103 cm³/mol. The lowest BCUT2D eigenvalue weighted by Crippen LogP contribution is -2.23. The molecule has 0 fully saturated rings. The Kier molecular flexibility index (Phi) is 5.05. The summed E-state index contributed by atoms with van der Waals surface area (Å²) in [5.74, 6) is 1.19. The van der Waals surface area contributed by atoms with Crippen LogP contribution < -0.4 is 10.6 Å². The maximum absolute atomic E-state index is 4.67. The fourth-order valence-corrected chi connectivity index (χ4v) is 2.84. The Morgan fingerprint density at radius 3 is 2.83 bits per heavy atom. The first-order valence-electron chi connectivity index (χ1n) is 7.96. The van der Waals surface area contributed by atoms with E-state index in [1.807, 2.05) is 36.6 Å². The van der Waals surface area contributed by atoms with E-state index < -0.39 is 0 Å². The number of aromatic nitrogens is 2. The first-order chi connectivity index (χ1) is 11.6. The van der Waals surface area contributed by atoms with Gasteiger partial charge in [0.05, 0.1) is 11.2 Å². The van der Waals surface area contributed by atoms with Gasteiger partial charge in [-0.15, -0.1) is 11.3 Å². The van der Waals surface area contributed by atoms with Crippen LogP contribution in [-0.2, 0) is 0 Å². The number of aryl methyl sites for hydroxylation is 1. The summed E-state index contributed by atoms with van der Waals surface area (Å²) in [6, 6.07) is 10.1. The minimum Gasteiger partial charge on any atom is -0.325 e. The molecule has 124 valence electrons. The molecule has 24 heavy (non-hydrogen) atoms. The van der Waals surface area contributed by atoms with Gasteiger partial charge in [-0.25, -0.2) is 4.98 Å². The van der Waals surface area contributed by atoms with Crippen LogP contribution in [0, 0.1) is 12.8 Å². The van der Waals surface area contributed by atoms with Crippen LogP contribution in [0.4, 0.5) is 10.8 Å². The van der Waals surface area contributed by atoms with E-state index in [2.05, 4.69) is 45.5 Å². The van der Waals surface area contributed by atoms with Gasteiger partial charge in [-0.3, -0.25) is 9.98 Å². The molecule has 3 rings (SSSR count). The van der Waals surface area contributed by atoms with E-state index in [0.717, 1.165) is 34.0 Å². The summed E-state index contributed by atoms with van der Waals surface area (Å²) in [6.07, 6.45) is 1.78. The number of aliphatic imine (C=N–C) groups is 1. The lowest BCUT2D eigenvalue weighted by atomic mass is 10.1. The van der Waals surface area contributed by atoms with Gasteiger partial charge >= 0.3 is 0 Å². The number of hydrogen-bond acceptors (Lipinski definition) is 4. The Balaban J connectivity index is 1.93. The third-order valence-electron chi connectivity index (χ3n) is 3.37. The van der Waals surface area contributed by atoms with E-state index in [0.29, 0.717) is 11.9 Å². The second kappa shape index (κ2) is 7.40. The van der Waals surface area contributed by atoms with Crippen LogP contribution in [0.5, 0.6) is 0 Å². The number of para-hydroxylation sites is 1. The summed E-state index contributed by atoms with van der Waals surface area (Å²) < 4.78 is 0. The second-order valence-electron chi connectivity index (χ2n) is 6.00. The maximum Gasteiger partial charge on any atom is 0.202 e. The molecule has 0 saturated carbocycles. The zero-order valence-electron chi connectivity index (χ0n) is 14.1. The fourth-order valence-electron chi connectivity index (χ4n) is 2.31. The molecule has 0 aliphatic rings. The molecule has 0 aliphatic heterocycles. The summed E-state index contributed by atoms with van der Waals surface area (Å²) in [6.45, 7) is 7.03. The smallest absolute Gasteiger partial charge is 0.202 e. The molecule has 0 atom stereocenters. The predicted octanol–water partition coefficient (Wildman–Crippen LogP) is 4.54. The Bertz CT molecular complexity index is 840. The SMILES string of the molecule is Cc1cc(NC(=NCC(C)C)Nc2nccs2)c2ccccc2n1. The second-order valence-corrected chi connectivity index (χ2v) is 6.89. The van der Waals surface area contributed by atoms with Crippen LogP contribution in [0.15, 0.2) is 46.9 Å². The molecule has 0 saturated heterocycles. The highest BCUT2D eigenvalue weighted by Gasteiger charge is 2.08. The van der Waals surface area contributed by atoms with Gasteiger partial charge in [-0.2, -0.15) is 0 Å². The van der Waals surface area contributed by atoms with E-state index in [1.165, 1.54) is 0 Å². The molecule has 0 radical (unpaired) electrons. The molecule has 0 aliphatic carbocycles. The van der Waals surface area contributed by atoms with Crippen LogP contribution in [0.2, 0.25) is 0 Å². The number of fused-ring (bicyclic) bond motifs is 1. The van der Waals surface area contributed by atoms with Crippen molar-refractivity contribution in [3.63, 3.8) is 0 Å². The van der Waals surface area contributed by atoms with Crippen molar-refractivity contribution in [2.24, 2.45) is 10.9 Å². The molecule has 0 amide bonds. The minimum absolute atomic E-state index is 0.482. The van der Waals surface area contributed by atoms with Gasteiger partial charge in [-0.1, -0.05) is 32.0 Å². The maximum atomic E-state index is 4.67. The fraction of sp³-hybridized carbons (Fsp3) is 0.278. The number of hydrogen-bond donors (Lipinski definition) is 2. The molecule has 6 heteroatoms. The lowest BCUT2D eigenvalue weighted by molar-refractivity contribution is 0.665. The zero-order chi connectivity index (χ0) is 16.9. The van der Waals surface area contributed by atoms with E-state index in [4.69, 9.17) is 0 Å². The molecule has 0 bridgehead atoms. The van der Waals surface area contributed by atoms with E-state index >= 15 is 0 Å². The topological polar surface area (TPSA) is 62.2 Å². The molecular formula is C18H21N5S. The largest absolute Gasteiger partial charge is 0.325 e. The van der Waals surface area contributed by atoms with Gasteiger partial charge in [0.25, 0.3) is 0 Å². The van der Waals surface area contributed by atoms with Crippen molar-refractivity contribution in [2.75, 3.05) is 17.2 Å². The van der Waals surface area contributed by atoms with Gasteiger partial charge in [0.2, 0.25) is 5.96 Å². The molecule has 5 nitrogen and oxygen atoms in total. The highest BCUT2D eigenvalue weighted by Crippen LogP contribution is 2.23. The number of nitrogens with one attached hydrogen (secondary N) is 2. The summed E-state index contributed by atoms with van der Waals surface area (Å²) in [5, 5.41) is 10.5. The molecule has 3 aromatic rings. The quantitative estimate of drug-likeness (QED) is 0.541. The Morgan fingerprint density at radius 1 is 1.25 bits per heavy atom. The number of pyridine rings is 1. The number of thiazole rings is 1. The lowest BCUT2D eigenvalue weighted by Gasteiger charge is -2.14. The number of guanidine groups is 1. The van der Waals surface area contributed by atoms with Gasteiger partial charge in [-0.05, 0) is 25.0 Å². The van der Waals surface area contributed by atoms with Gasteiger partial charge < -0.3 is 10.6 Å². The monoisotopic (exact) mass is 339 g/mol. The molecule has 2 aromatic heterocycles. The van der Waals surface area contributed by atoms with Crippen LogP contribution in [0.1, 0.15) is 19.5 Å². The van der Waals surface area contributed by atoms with Crippen molar-refractivity contribution in [3.05, 3.63) is 47.6 Å². The Hall–Kier alpha value is -2.47. The minimum atomic E-state index is 0.482. The molecule has 2 N–H and O–H groups in total. The summed E-state index contributed by atoms with van der Waals surface area (Å²) in [5.41, 5.74) is 2.93. The standard InChI is InChI=1S/C18H21N5S/c1-12(2)11-20-17(23-18-19-8-9-24-18)22-16-10-13(3)21-15-7-5-4-6-14(15)16/h4-10,12H,11H2,1-3H3,(H2,19,20,21,22,23). The normalized spacial score (nSPS) is 11.9. The van der Waals surface area contributed by atoms with Crippen molar-refractivity contribution in [2.45, 2.75) is 20.8 Å². The Labute approximate surface area is 145 Å². The average Bonchev–Trinajstić information content (AvgIpc) is 3.05. The molecule has 1 aromatic carbocycles. The number of anilines is 2. The average molecular weight is 339 g/mol. The van der Waals surface area contributed by atoms with E-state index in [1.54, 1.807) is 17.5 Å². The van der Waals surface area contributed by atoms with E-state index in [9.17, 15) is 0 Å². The molecule has 0 unspecified atom stereocenters. The van der Waals surface area contributed by atoms with Gasteiger partial charge in [0.1, 0.15) is 0 Å². The third kappa shape index (κ3) is 4.08. The molecular weight excluding hydrogens is 318 g/mol. The van der Waals surface area contributed by atoms with Gasteiger partial charge in [0, 0.05) is 29.2 Å². The van der Waals surface area contributed by atoms with Crippen molar-refractivity contribution in [1.29, 1.82) is 0 Å². The summed E-state index contributed by atoms with van der Waals surface area (Å²) in [7, 11) is 0. The van der Waals surface area contributed by atoms with Gasteiger partial charge in [0.15, 0.2) is 5.13 Å². The van der Waals surface area contributed by atoms with Crippen LogP contribution in [0.25, 0.3) is 10.9 Å².